The van der Waals surface area contributed by atoms with Crippen LogP contribution in [0, 0.1) is 0 Å². The van der Waals surface area contributed by atoms with Gasteiger partial charge in [-0.1, -0.05) is 142 Å². The van der Waals surface area contributed by atoms with Gasteiger partial charge < -0.3 is 4.74 Å². The molecule has 0 rings (SSSR count). The van der Waals surface area contributed by atoms with Crippen molar-refractivity contribution >= 4 is 67.5 Å². The standard InChI is InChI=1S/C28H56O5S.K.H/c1-3-4-5-6-7-8-9-10-11-12-13-14-15-16-17-18-19-20-21-22-23-24-25-28(33-27(2)29)26-34(30,31)32;;/h28H,3-26H2,1-2H3,(H,30,31,32);;. The number of rotatable bonds is 26. The van der Waals surface area contributed by atoms with Crippen LogP contribution in [0.4, 0.5) is 0 Å². The van der Waals surface area contributed by atoms with Gasteiger partial charge in [-0.15, -0.1) is 0 Å². The normalized spacial score (nSPS) is 12.3. The molecule has 0 spiro atoms. The molecule has 0 aromatic heterocycles. The average molecular weight is 545 g/mol. The van der Waals surface area contributed by atoms with Crippen LogP contribution in [0.2, 0.25) is 0 Å². The molecule has 206 valence electrons. The second kappa shape index (κ2) is 28.0. The summed E-state index contributed by atoms with van der Waals surface area (Å²) in [5.41, 5.74) is 0. The summed E-state index contributed by atoms with van der Waals surface area (Å²) in [5.74, 6) is -1.02. The average Bonchev–Trinajstić information content (AvgIpc) is 2.75. The van der Waals surface area contributed by atoms with E-state index in [1.807, 2.05) is 0 Å². The molecule has 0 aliphatic heterocycles. The minimum absolute atomic E-state index is 0. The van der Waals surface area contributed by atoms with Gasteiger partial charge in [0.05, 0.1) is 0 Å². The second-order valence-corrected chi connectivity index (χ2v) is 11.7. The Morgan fingerprint density at radius 3 is 1.17 bits per heavy atom. The molecule has 0 aromatic rings. The molecule has 0 aliphatic rings. The summed E-state index contributed by atoms with van der Waals surface area (Å²) in [6.07, 6.45) is 29.0. The number of esters is 1. The molecular weight excluding hydrogens is 487 g/mol. The van der Waals surface area contributed by atoms with Gasteiger partial charge in [0, 0.05) is 6.92 Å². The Bertz CT molecular complexity index is 554. The SMILES string of the molecule is CCCCCCCCCCCCCCCCCCCCCCCCC(CS(=O)(=O)O)OC(C)=O.[KH]. The van der Waals surface area contributed by atoms with Crippen molar-refractivity contribution in [2.45, 2.75) is 168 Å². The van der Waals surface area contributed by atoms with Crippen molar-refractivity contribution in [1.29, 1.82) is 0 Å². The van der Waals surface area contributed by atoms with Crippen LogP contribution in [0.5, 0.6) is 0 Å². The van der Waals surface area contributed by atoms with E-state index in [1.54, 1.807) is 0 Å². The van der Waals surface area contributed by atoms with E-state index in [0.29, 0.717) is 6.42 Å². The monoisotopic (exact) mass is 544 g/mol. The first-order valence-corrected chi connectivity index (χ1v) is 16.1. The summed E-state index contributed by atoms with van der Waals surface area (Å²) < 4.78 is 36.0. The van der Waals surface area contributed by atoms with E-state index in [4.69, 9.17) is 9.29 Å². The van der Waals surface area contributed by atoms with Gasteiger partial charge >= 0.3 is 57.4 Å². The number of carbonyl (C=O) groups is 1. The second-order valence-electron chi connectivity index (χ2n) is 10.2. The van der Waals surface area contributed by atoms with Gasteiger partial charge in [0.1, 0.15) is 11.9 Å². The molecule has 1 N–H and O–H groups in total. The topological polar surface area (TPSA) is 80.7 Å². The summed E-state index contributed by atoms with van der Waals surface area (Å²) in [7, 11) is -4.12. The van der Waals surface area contributed by atoms with Crippen LogP contribution in [0.15, 0.2) is 0 Å². The Labute approximate surface area is 260 Å². The molecule has 0 aromatic carbocycles. The van der Waals surface area contributed by atoms with Crippen molar-refractivity contribution in [2.24, 2.45) is 0 Å². The summed E-state index contributed by atoms with van der Waals surface area (Å²) in [6, 6.07) is 0. The molecule has 0 saturated carbocycles. The molecule has 7 heteroatoms. The van der Waals surface area contributed by atoms with E-state index in [1.165, 1.54) is 129 Å². The first kappa shape index (κ1) is 38.2. The number of carbonyl (C=O) groups excluding carboxylic acids is 1. The third kappa shape index (κ3) is 33.0. The maximum absolute atomic E-state index is 11.1. The van der Waals surface area contributed by atoms with Gasteiger partial charge in [-0.2, -0.15) is 8.42 Å². The number of hydrogen-bond acceptors (Lipinski definition) is 4. The first-order valence-electron chi connectivity index (χ1n) is 14.5. The van der Waals surface area contributed by atoms with E-state index in [0.717, 1.165) is 19.3 Å². The van der Waals surface area contributed by atoms with Crippen molar-refractivity contribution in [3.8, 4) is 0 Å². The predicted octanol–water partition coefficient (Wildman–Crippen LogP) is 8.15. The van der Waals surface area contributed by atoms with Crippen molar-refractivity contribution in [3.63, 3.8) is 0 Å². The van der Waals surface area contributed by atoms with Crippen molar-refractivity contribution in [1.82, 2.24) is 0 Å². The zero-order chi connectivity index (χ0) is 25.3. The van der Waals surface area contributed by atoms with Crippen LogP contribution in [0.1, 0.15) is 162 Å². The Morgan fingerprint density at radius 1 is 0.629 bits per heavy atom. The van der Waals surface area contributed by atoms with E-state index in [-0.39, 0.29) is 51.4 Å². The van der Waals surface area contributed by atoms with Crippen molar-refractivity contribution < 1.29 is 22.5 Å². The first-order chi connectivity index (χ1) is 16.3. The van der Waals surface area contributed by atoms with Crippen LogP contribution in [0.3, 0.4) is 0 Å². The molecular formula is C28H57KO5S. The molecule has 0 bridgehead atoms. The van der Waals surface area contributed by atoms with Gasteiger partial charge in [-0.25, -0.2) is 0 Å². The van der Waals surface area contributed by atoms with Crippen LogP contribution >= 0.6 is 0 Å². The molecule has 35 heavy (non-hydrogen) atoms. The molecule has 0 saturated heterocycles. The Hall–Kier alpha value is 1.02. The maximum atomic E-state index is 11.1. The van der Waals surface area contributed by atoms with Crippen LogP contribution in [-0.2, 0) is 19.6 Å². The van der Waals surface area contributed by atoms with Crippen molar-refractivity contribution in [2.75, 3.05) is 5.75 Å². The van der Waals surface area contributed by atoms with E-state index >= 15 is 0 Å². The number of hydrogen-bond donors (Lipinski definition) is 1. The Morgan fingerprint density at radius 2 is 0.914 bits per heavy atom. The molecule has 1 atom stereocenters. The van der Waals surface area contributed by atoms with Gasteiger partial charge in [0.15, 0.2) is 0 Å². The van der Waals surface area contributed by atoms with Crippen LogP contribution in [-0.4, -0.2) is 82.2 Å². The van der Waals surface area contributed by atoms with Gasteiger partial charge in [-0.3, -0.25) is 9.35 Å². The summed E-state index contributed by atoms with van der Waals surface area (Å²) in [6.45, 7) is 3.54. The van der Waals surface area contributed by atoms with Crippen LogP contribution < -0.4 is 0 Å². The quantitative estimate of drug-likeness (QED) is 0.0514. The third-order valence-electron chi connectivity index (χ3n) is 6.61. The Balaban J connectivity index is 0. The zero-order valence-electron chi connectivity index (χ0n) is 22.5. The Kier molecular flexibility index (Phi) is 30.6. The third-order valence-corrected chi connectivity index (χ3v) is 7.40. The minimum atomic E-state index is -4.12. The van der Waals surface area contributed by atoms with Gasteiger partial charge in [0.25, 0.3) is 10.1 Å². The molecule has 1 unspecified atom stereocenters. The van der Waals surface area contributed by atoms with E-state index < -0.39 is 27.9 Å². The molecule has 5 nitrogen and oxygen atoms in total. The molecule has 0 amide bonds. The van der Waals surface area contributed by atoms with Gasteiger partial charge in [0.2, 0.25) is 0 Å². The fourth-order valence-corrected chi connectivity index (χ4v) is 5.33. The van der Waals surface area contributed by atoms with Crippen molar-refractivity contribution in [3.05, 3.63) is 0 Å². The van der Waals surface area contributed by atoms with Gasteiger partial charge in [-0.05, 0) is 12.8 Å². The number of unbranched alkanes of at least 4 members (excludes halogenated alkanes) is 21. The fraction of sp³-hybridized carbons (Fsp3) is 0.964. The zero-order valence-corrected chi connectivity index (χ0v) is 23.4. The molecule has 0 heterocycles. The predicted molar refractivity (Wildman–Crippen MR) is 151 cm³/mol. The summed E-state index contributed by atoms with van der Waals surface area (Å²) in [4.78, 5) is 11.1. The fourth-order valence-electron chi connectivity index (χ4n) is 4.63. The number of ether oxygens (including phenoxy) is 1. The van der Waals surface area contributed by atoms with E-state index in [9.17, 15) is 13.2 Å². The molecule has 0 aliphatic carbocycles. The summed E-state index contributed by atoms with van der Waals surface area (Å²) in [5, 5.41) is 0. The molecule has 0 radical (unpaired) electrons. The van der Waals surface area contributed by atoms with E-state index in [2.05, 4.69) is 6.92 Å². The summed E-state index contributed by atoms with van der Waals surface area (Å²) >= 11 is 0. The van der Waals surface area contributed by atoms with Crippen LogP contribution in [0.25, 0.3) is 0 Å². The molecule has 0 fully saturated rings.